The summed E-state index contributed by atoms with van der Waals surface area (Å²) in [6, 6.07) is 19.4. The second-order valence-electron chi connectivity index (χ2n) is 10.4. The van der Waals surface area contributed by atoms with E-state index < -0.39 is 5.97 Å². The summed E-state index contributed by atoms with van der Waals surface area (Å²) in [5.41, 5.74) is 7.14. The molecule has 0 aliphatic carbocycles. The molecule has 4 aromatic rings. The van der Waals surface area contributed by atoms with Crippen LogP contribution >= 0.6 is 12.6 Å². The van der Waals surface area contributed by atoms with E-state index in [1.165, 1.54) is 0 Å². The molecule has 1 aromatic heterocycles. The van der Waals surface area contributed by atoms with E-state index in [0.29, 0.717) is 30.0 Å². The maximum atomic E-state index is 12.7. The number of thiol groups is 1. The SMILES string of the molecule is CCCc1nc2c(C)cc(CNC(=O)C(CS)C(C)C)cc2n1Cc1ccc(-c2ccccc2C(=O)O)cc1. The molecule has 0 aliphatic rings. The lowest BCUT2D eigenvalue weighted by atomic mass is 9.97. The van der Waals surface area contributed by atoms with E-state index in [0.717, 1.165) is 52.0 Å². The number of carboxylic acid groups (broad SMARTS) is 1. The molecule has 0 saturated heterocycles. The standard InChI is InChI=1S/C32H37N3O3S/c1-5-8-29-34-30-21(4)15-23(17-33-31(36)27(19-39)20(2)3)16-28(30)35(29)18-22-11-13-24(14-12-22)25-9-6-7-10-26(25)32(37)38/h6-7,9-16,20,27,39H,5,8,17-19H2,1-4H3,(H,33,36)(H,37,38). The number of imidazole rings is 1. The van der Waals surface area contributed by atoms with Gasteiger partial charge in [-0.05, 0) is 59.2 Å². The fourth-order valence-electron chi connectivity index (χ4n) is 5.02. The molecular weight excluding hydrogens is 506 g/mol. The van der Waals surface area contributed by atoms with Crippen LogP contribution in [0.4, 0.5) is 0 Å². The van der Waals surface area contributed by atoms with Crippen molar-refractivity contribution in [2.24, 2.45) is 11.8 Å². The van der Waals surface area contributed by atoms with Gasteiger partial charge in [-0.2, -0.15) is 12.6 Å². The van der Waals surface area contributed by atoms with Crippen molar-refractivity contribution in [2.45, 2.75) is 53.6 Å². The van der Waals surface area contributed by atoms with Gasteiger partial charge in [0.1, 0.15) is 5.82 Å². The molecule has 0 radical (unpaired) electrons. The first-order chi connectivity index (χ1) is 18.7. The van der Waals surface area contributed by atoms with E-state index in [-0.39, 0.29) is 17.7 Å². The van der Waals surface area contributed by atoms with Crippen molar-refractivity contribution >= 4 is 35.5 Å². The van der Waals surface area contributed by atoms with Crippen LogP contribution in [0.1, 0.15) is 60.1 Å². The molecule has 0 fully saturated rings. The third-order valence-corrected chi connectivity index (χ3v) is 7.62. The summed E-state index contributed by atoms with van der Waals surface area (Å²) in [4.78, 5) is 29.4. The number of amides is 1. The largest absolute Gasteiger partial charge is 0.478 e. The highest BCUT2D eigenvalue weighted by Crippen LogP contribution is 2.27. The Morgan fingerprint density at radius 3 is 2.41 bits per heavy atom. The van der Waals surface area contributed by atoms with Crippen molar-refractivity contribution in [2.75, 3.05) is 5.75 Å². The lowest BCUT2D eigenvalue weighted by Gasteiger charge is -2.18. The molecular formula is C32H37N3O3S. The van der Waals surface area contributed by atoms with Crippen LogP contribution in [0.5, 0.6) is 0 Å². The van der Waals surface area contributed by atoms with E-state index in [2.05, 4.69) is 60.6 Å². The predicted octanol–water partition coefficient (Wildman–Crippen LogP) is 6.53. The molecule has 0 spiro atoms. The number of aryl methyl sites for hydroxylation is 2. The van der Waals surface area contributed by atoms with Crippen LogP contribution in [-0.2, 0) is 24.3 Å². The van der Waals surface area contributed by atoms with Crippen LogP contribution in [-0.4, -0.2) is 32.3 Å². The highest BCUT2D eigenvalue weighted by molar-refractivity contribution is 7.80. The number of nitrogens with one attached hydrogen (secondary N) is 1. The zero-order valence-corrected chi connectivity index (χ0v) is 24.0. The molecule has 204 valence electrons. The Balaban J connectivity index is 1.64. The predicted molar refractivity (Wildman–Crippen MR) is 160 cm³/mol. The summed E-state index contributed by atoms with van der Waals surface area (Å²) in [7, 11) is 0. The number of hydrogen-bond donors (Lipinski definition) is 3. The molecule has 6 nitrogen and oxygen atoms in total. The fourth-order valence-corrected chi connectivity index (χ4v) is 5.60. The Labute approximate surface area is 235 Å². The topological polar surface area (TPSA) is 84.2 Å². The summed E-state index contributed by atoms with van der Waals surface area (Å²) in [5.74, 6) is 0.764. The van der Waals surface area contributed by atoms with E-state index >= 15 is 0 Å². The summed E-state index contributed by atoms with van der Waals surface area (Å²) < 4.78 is 2.27. The maximum Gasteiger partial charge on any atom is 0.336 e. The van der Waals surface area contributed by atoms with Crippen molar-refractivity contribution in [3.05, 3.63) is 88.7 Å². The number of carbonyl (C=O) groups excluding carboxylic acids is 1. The first kappa shape index (κ1) is 28.4. The van der Waals surface area contributed by atoms with Crippen molar-refractivity contribution < 1.29 is 14.7 Å². The highest BCUT2D eigenvalue weighted by atomic mass is 32.1. The fraction of sp³-hybridized carbons (Fsp3) is 0.344. The van der Waals surface area contributed by atoms with Crippen LogP contribution < -0.4 is 5.32 Å². The Morgan fingerprint density at radius 1 is 1.05 bits per heavy atom. The molecule has 0 saturated carbocycles. The summed E-state index contributed by atoms with van der Waals surface area (Å²) in [6.07, 6.45) is 1.85. The number of nitrogens with zero attached hydrogens (tertiary/aromatic N) is 2. The number of fused-ring (bicyclic) bond motifs is 1. The van der Waals surface area contributed by atoms with Crippen molar-refractivity contribution in [1.82, 2.24) is 14.9 Å². The van der Waals surface area contributed by atoms with Gasteiger partial charge in [-0.15, -0.1) is 0 Å². The zero-order chi connectivity index (χ0) is 28.1. The van der Waals surface area contributed by atoms with Crippen molar-refractivity contribution in [1.29, 1.82) is 0 Å². The van der Waals surface area contributed by atoms with Gasteiger partial charge in [-0.3, -0.25) is 4.79 Å². The molecule has 1 unspecified atom stereocenters. The van der Waals surface area contributed by atoms with E-state index in [1.807, 2.05) is 38.1 Å². The number of aromatic nitrogens is 2. The first-order valence-corrected chi connectivity index (χ1v) is 14.2. The van der Waals surface area contributed by atoms with E-state index in [1.54, 1.807) is 12.1 Å². The molecule has 4 rings (SSSR count). The van der Waals surface area contributed by atoms with Gasteiger partial charge in [0.25, 0.3) is 0 Å². The Hall–Kier alpha value is -3.58. The average Bonchev–Trinajstić information content (AvgIpc) is 3.25. The van der Waals surface area contributed by atoms with Gasteiger partial charge in [0.2, 0.25) is 5.91 Å². The van der Waals surface area contributed by atoms with Crippen LogP contribution in [0.15, 0.2) is 60.7 Å². The van der Waals surface area contributed by atoms with Crippen LogP contribution in [0, 0.1) is 18.8 Å². The third-order valence-electron chi connectivity index (χ3n) is 7.23. The second-order valence-corrected chi connectivity index (χ2v) is 10.8. The minimum atomic E-state index is -0.934. The highest BCUT2D eigenvalue weighted by Gasteiger charge is 2.21. The monoisotopic (exact) mass is 543 g/mol. The van der Waals surface area contributed by atoms with Crippen LogP contribution in [0.3, 0.4) is 0 Å². The molecule has 7 heteroatoms. The summed E-state index contributed by atoms with van der Waals surface area (Å²) in [6.45, 7) is 9.42. The lowest BCUT2D eigenvalue weighted by Crippen LogP contribution is -2.34. The van der Waals surface area contributed by atoms with Crippen LogP contribution in [0.2, 0.25) is 0 Å². The smallest absolute Gasteiger partial charge is 0.336 e. The second kappa shape index (κ2) is 12.5. The average molecular weight is 544 g/mol. The molecule has 1 heterocycles. The minimum Gasteiger partial charge on any atom is -0.478 e. The first-order valence-electron chi connectivity index (χ1n) is 13.5. The number of aromatic carboxylic acids is 1. The Bertz CT molecular complexity index is 1470. The summed E-state index contributed by atoms with van der Waals surface area (Å²) >= 11 is 4.36. The molecule has 1 amide bonds. The number of carbonyl (C=O) groups is 2. The van der Waals surface area contributed by atoms with Gasteiger partial charge >= 0.3 is 5.97 Å². The third kappa shape index (κ3) is 6.36. The molecule has 39 heavy (non-hydrogen) atoms. The van der Waals surface area contributed by atoms with E-state index in [9.17, 15) is 14.7 Å². The lowest BCUT2D eigenvalue weighted by molar-refractivity contribution is -0.125. The molecule has 1 atom stereocenters. The van der Waals surface area contributed by atoms with Gasteiger partial charge in [0.15, 0.2) is 0 Å². The number of rotatable bonds is 11. The summed E-state index contributed by atoms with van der Waals surface area (Å²) in [5, 5.41) is 12.7. The Kier molecular flexibility index (Phi) is 9.12. The zero-order valence-electron chi connectivity index (χ0n) is 23.1. The van der Waals surface area contributed by atoms with Crippen molar-refractivity contribution in [3.8, 4) is 11.1 Å². The number of carboxylic acids is 1. The minimum absolute atomic E-state index is 0.0301. The van der Waals surface area contributed by atoms with Gasteiger partial charge in [0, 0.05) is 31.2 Å². The van der Waals surface area contributed by atoms with Gasteiger partial charge in [-0.1, -0.05) is 69.3 Å². The van der Waals surface area contributed by atoms with Gasteiger partial charge in [0.05, 0.1) is 16.6 Å². The van der Waals surface area contributed by atoms with Gasteiger partial charge < -0.3 is 15.0 Å². The molecule has 2 N–H and O–H groups in total. The molecule has 0 bridgehead atoms. The normalized spacial score (nSPS) is 12.2. The number of benzene rings is 3. The molecule has 0 aliphatic heterocycles. The van der Waals surface area contributed by atoms with Crippen molar-refractivity contribution in [3.63, 3.8) is 0 Å². The Morgan fingerprint density at radius 2 is 1.77 bits per heavy atom. The molecule has 3 aromatic carbocycles. The van der Waals surface area contributed by atoms with Gasteiger partial charge in [-0.25, -0.2) is 9.78 Å². The van der Waals surface area contributed by atoms with E-state index in [4.69, 9.17) is 4.98 Å². The quantitative estimate of drug-likeness (QED) is 0.188. The number of hydrogen-bond acceptors (Lipinski definition) is 4. The maximum absolute atomic E-state index is 12.7. The van der Waals surface area contributed by atoms with Crippen LogP contribution in [0.25, 0.3) is 22.2 Å².